The van der Waals surface area contributed by atoms with Crippen molar-refractivity contribution in [1.82, 2.24) is 19.5 Å². The lowest BCUT2D eigenvalue weighted by Crippen LogP contribution is -2.29. The Balaban J connectivity index is 1.54. The van der Waals surface area contributed by atoms with Crippen LogP contribution >= 0.6 is 0 Å². The molecule has 3 aromatic rings. The van der Waals surface area contributed by atoms with Crippen molar-refractivity contribution in [3.63, 3.8) is 0 Å². The Hall–Kier alpha value is -3.23. The number of hydrogen-bond donors (Lipinski definition) is 0. The fourth-order valence-electron chi connectivity index (χ4n) is 4.20. The van der Waals surface area contributed by atoms with Gasteiger partial charge in [-0.1, -0.05) is 0 Å². The Morgan fingerprint density at radius 3 is 2.79 bits per heavy atom. The van der Waals surface area contributed by atoms with E-state index in [1.807, 2.05) is 11.0 Å². The van der Waals surface area contributed by atoms with Crippen LogP contribution in [0.1, 0.15) is 24.4 Å². The summed E-state index contributed by atoms with van der Waals surface area (Å²) in [6, 6.07) is 5.00. The first-order valence-electron chi connectivity index (χ1n) is 9.61. The topological polar surface area (TPSA) is 57.0 Å². The summed E-state index contributed by atoms with van der Waals surface area (Å²) in [6.07, 6.45) is 4.99. The SMILES string of the molecule is CN1CCN(c2cnn3ccc(N4CCC[C@@H]4c4cc(F)ccc4F)nc23)C1=O. The molecular weight excluding hydrogens is 378 g/mol. The first-order chi connectivity index (χ1) is 14.0. The second-order valence-electron chi connectivity index (χ2n) is 7.46. The zero-order valence-electron chi connectivity index (χ0n) is 15.9. The third kappa shape index (κ3) is 2.88. The number of benzene rings is 1. The zero-order valence-corrected chi connectivity index (χ0v) is 15.9. The molecule has 5 rings (SSSR count). The van der Waals surface area contributed by atoms with E-state index in [9.17, 15) is 13.6 Å². The van der Waals surface area contributed by atoms with Crippen molar-refractivity contribution in [3.05, 3.63) is 53.9 Å². The fraction of sp³-hybridized carbons (Fsp3) is 0.350. The van der Waals surface area contributed by atoms with Crippen molar-refractivity contribution in [1.29, 1.82) is 0 Å². The predicted octanol–water partition coefficient (Wildman–Crippen LogP) is 3.22. The van der Waals surface area contributed by atoms with Crippen LogP contribution in [-0.2, 0) is 0 Å². The van der Waals surface area contributed by atoms with Crippen LogP contribution in [0.2, 0.25) is 0 Å². The summed E-state index contributed by atoms with van der Waals surface area (Å²) >= 11 is 0. The van der Waals surface area contributed by atoms with Gasteiger partial charge in [0.15, 0.2) is 5.65 Å². The summed E-state index contributed by atoms with van der Waals surface area (Å²) in [5, 5.41) is 4.31. The highest BCUT2D eigenvalue weighted by Gasteiger charge is 2.32. The smallest absolute Gasteiger partial charge is 0.324 e. The number of rotatable bonds is 3. The first kappa shape index (κ1) is 17.8. The van der Waals surface area contributed by atoms with Gasteiger partial charge in [0, 0.05) is 38.4 Å². The molecule has 0 radical (unpaired) electrons. The molecule has 0 bridgehead atoms. The van der Waals surface area contributed by atoms with Crippen molar-refractivity contribution >= 4 is 23.2 Å². The molecule has 2 amide bonds. The van der Waals surface area contributed by atoms with Crippen molar-refractivity contribution in [2.45, 2.75) is 18.9 Å². The summed E-state index contributed by atoms with van der Waals surface area (Å²) in [4.78, 5) is 22.4. The number of fused-ring (bicyclic) bond motifs is 1. The molecular formula is C20H20F2N6O. The third-order valence-electron chi connectivity index (χ3n) is 5.71. The van der Waals surface area contributed by atoms with Gasteiger partial charge in [-0.3, -0.25) is 4.90 Å². The molecule has 0 spiro atoms. The van der Waals surface area contributed by atoms with Crippen LogP contribution in [0.5, 0.6) is 0 Å². The maximum atomic E-state index is 14.4. The molecule has 2 fully saturated rings. The Bertz CT molecular complexity index is 1100. The Kier molecular flexibility index (Phi) is 4.11. The standard InChI is InChI=1S/C20H20F2N6O/c1-25-9-10-27(20(25)29)17-12-23-28-8-6-18(24-19(17)28)26-7-2-3-16(26)14-11-13(21)4-5-15(14)22/h4-6,8,11-12,16H,2-3,7,9-10H2,1H3/t16-/m1/s1. The van der Waals surface area contributed by atoms with E-state index in [1.54, 1.807) is 33.8 Å². The molecule has 4 heterocycles. The summed E-state index contributed by atoms with van der Waals surface area (Å²) in [5.41, 5.74) is 1.56. The minimum Gasteiger partial charge on any atom is -0.349 e. The summed E-state index contributed by atoms with van der Waals surface area (Å²) in [7, 11) is 1.76. The van der Waals surface area contributed by atoms with Crippen LogP contribution in [0.3, 0.4) is 0 Å². The van der Waals surface area contributed by atoms with Gasteiger partial charge in [0.2, 0.25) is 0 Å². The number of urea groups is 1. The molecule has 2 aromatic heterocycles. The largest absolute Gasteiger partial charge is 0.349 e. The Labute approximate surface area is 166 Å². The number of nitrogens with zero attached hydrogens (tertiary/aromatic N) is 6. The minimum absolute atomic E-state index is 0.0898. The van der Waals surface area contributed by atoms with Crippen molar-refractivity contribution in [3.8, 4) is 0 Å². The van der Waals surface area contributed by atoms with E-state index in [1.165, 1.54) is 12.1 Å². The molecule has 0 saturated carbocycles. The lowest BCUT2D eigenvalue weighted by Gasteiger charge is -2.26. The average Bonchev–Trinajstić information content (AvgIpc) is 3.43. The van der Waals surface area contributed by atoms with Crippen LogP contribution in [0, 0.1) is 11.6 Å². The van der Waals surface area contributed by atoms with E-state index in [2.05, 4.69) is 5.10 Å². The van der Waals surface area contributed by atoms with Crippen LogP contribution < -0.4 is 9.80 Å². The van der Waals surface area contributed by atoms with Crippen molar-refractivity contribution in [2.24, 2.45) is 0 Å². The third-order valence-corrected chi connectivity index (χ3v) is 5.71. The molecule has 1 atom stereocenters. The monoisotopic (exact) mass is 398 g/mol. The lowest BCUT2D eigenvalue weighted by atomic mass is 10.0. The number of carbonyl (C=O) groups is 1. The number of halogens is 2. The molecule has 0 unspecified atom stereocenters. The first-order valence-corrected chi connectivity index (χ1v) is 9.61. The quantitative estimate of drug-likeness (QED) is 0.680. The second-order valence-corrected chi connectivity index (χ2v) is 7.46. The van der Waals surface area contributed by atoms with Gasteiger partial charge in [-0.2, -0.15) is 5.10 Å². The van der Waals surface area contributed by atoms with Crippen LogP contribution in [0.15, 0.2) is 36.7 Å². The molecule has 0 aliphatic carbocycles. The highest BCUT2D eigenvalue weighted by atomic mass is 19.1. The van der Waals surface area contributed by atoms with Gasteiger partial charge in [-0.25, -0.2) is 23.1 Å². The van der Waals surface area contributed by atoms with Crippen LogP contribution in [0.25, 0.3) is 5.65 Å². The molecule has 150 valence electrons. The zero-order chi connectivity index (χ0) is 20.1. The van der Waals surface area contributed by atoms with Crippen LogP contribution in [0.4, 0.5) is 25.1 Å². The van der Waals surface area contributed by atoms with Crippen molar-refractivity contribution < 1.29 is 13.6 Å². The van der Waals surface area contributed by atoms with Gasteiger partial charge in [-0.15, -0.1) is 0 Å². The number of likely N-dealkylation sites (N-methyl/N-ethyl adjacent to an activating group) is 1. The molecule has 7 nitrogen and oxygen atoms in total. The molecule has 1 aromatic carbocycles. The molecule has 2 aliphatic heterocycles. The lowest BCUT2D eigenvalue weighted by molar-refractivity contribution is 0.229. The fourth-order valence-corrected chi connectivity index (χ4v) is 4.20. The second kappa shape index (κ2) is 6.68. The average molecular weight is 398 g/mol. The predicted molar refractivity (Wildman–Crippen MR) is 104 cm³/mol. The minimum atomic E-state index is -0.452. The molecule has 0 N–H and O–H groups in total. The molecule has 29 heavy (non-hydrogen) atoms. The number of anilines is 2. The number of carbonyl (C=O) groups excluding carboxylic acids is 1. The number of amides is 2. The Morgan fingerprint density at radius 2 is 2.00 bits per heavy atom. The highest BCUT2D eigenvalue weighted by Crippen LogP contribution is 2.37. The summed E-state index contributed by atoms with van der Waals surface area (Å²) < 4.78 is 29.7. The van der Waals surface area contributed by atoms with E-state index < -0.39 is 11.6 Å². The Morgan fingerprint density at radius 1 is 1.14 bits per heavy atom. The number of hydrogen-bond acceptors (Lipinski definition) is 4. The normalized spacial score (nSPS) is 19.8. The molecule has 9 heteroatoms. The number of aromatic nitrogens is 3. The van der Waals surface area contributed by atoms with Gasteiger partial charge < -0.3 is 9.80 Å². The molecule has 2 saturated heterocycles. The molecule has 2 aliphatic rings. The van der Waals surface area contributed by atoms with E-state index >= 15 is 0 Å². The van der Waals surface area contributed by atoms with Crippen LogP contribution in [-0.4, -0.2) is 52.2 Å². The summed E-state index contributed by atoms with van der Waals surface area (Å²) in [6.45, 7) is 1.91. The van der Waals surface area contributed by atoms with E-state index in [0.717, 1.165) is 18.9 Å². The van der Waals surface area contributed by atoms with Gasteiger partial charge in [0.1, 0.15) is 23.1 Å². The van der Waals surface area contributed by atoms with E-state index in [0.29, 0.717) is 42.4 Å². The maximum absolute atomic E-state index is 14.4. The van der Waals surface area contributed by atoms with Gasteiger partial charge in [0.05, 0.1) is 12.2 Å². The van der Waals surface area contributed by atoms with Crippen molar-refractivity contribution in [2.75, 3.05) is 36.5 Å². The highest BCUT2D eigenvalue weighted by molar-refractivity contribution is 5.97. The van der Waals surface area contributed by atoms with Gasteiger partial charge in [-0.05, 0) is 37.1 Å². The van der Waals surface area contributed by atoms with Gasteiger partial charge in [0.25, 0.3) is 0 Å². The summed E-state index contributed by atoms with van der Waals surface area (Å²) in [5.74, 6) is -0.211. The maximum Gasteiger partial charge on any atom is 0.324 e. The van der Waals surface area contributed by atoms with Gasteiger partial charge >= 0.3 is 6.03 Å². The van der Waals surface area contributed by atoms with E-state index in [-0.39, 0.29) is 12.1 Å². The van der Waals surface area contributed by atoms with E-state index in [4.69, 9.17) is 4.98 Å².